The lowest BCUT2D eigenvalue weighted by molar-refractivity contribution is -0.384. The quantitative estimate of drug-likeness (QED) is 0.493. The van der Waals surface area contributed by atoms with Crippen LogP contribution in [0.1, 0.15) is 10.4 Å². The van der Waals surface area contributed by atoms with E-state index in [4.69, 9.17) is 21.7 Å². The summed E-state index contributed by atoms with van der Waals surface area (Å²) >= 11 is 5.10. The summed E-state index contributed by atoms with van der Waals surface area (Å²) in [5.41, 5.74) is 0.590. The first kappa shape index (κ1) is 16.7. The van der Waals surface area contributed by atoms with E-state index >= 15 is 0 Å². The van der Waals surface area contributed by atoms with Crippen LogP contribution in [0.2, 0.25) is 0 Å². The van der Waals surface area contributed by atoms with Gasteiger partial charge >= 0.3 is 0 Å². The minimum absolute atomic E-state index is 0.0631. The topological polar surface area (TPSA) is 103 Å². The maximum atomic E-state index is 12.1. The monoisotopic (exact) mass is 359 g/mol. The van der Waals surface area contributed by atoms with Crippen molar-refractivity contribution < 1.29 is 19.2 Å². The Morgan fingerprint density at radius 1 is 1.12 bits per heavy atom. The van der Waals surface area contributed by atoms with Crippen LogP contribution in [0.5, 0.6) is 11.5 Å². The zero-order chi connectivity index (χ0) is 17.8. The van der Waals surface area contributed by atoms with Crippen LogP contribution in [-0.4, -0.2) is 29.2 Å². The van der Waals surface area contributed by atoms with Gasteiger partial charge in [-0.1, -0.05) is 6.07 Å². The number of anilines is 1. The summed E-state index contributed by atoms with van der Waals surface area (Å²) < 4.78 is 10.9. The molecule has 25 heavy (non-hydrogen) atoms. The summed E-state index contributed by atoms with van der Waals surface area (Å²) in [7, 11) is 0. The van der Waals surface area contributed by atoms with Gasteiger partial charge in [0.05, 0.1) is 4.92 Å². The maximum absolute atomic E-state index is 12.1. The number of amides is 1. The number of rotatable bonds is 3. The molecule has 0 spiro atoms. The molecular weight excluding hydrogens is 346 g/mol. The van der Waals surface area contributed by atoms with E-state index in [0.717, 1.165) is 0 Å². The molecule has 0 aromatic heterocycles. The van der Waals surface area contributed by atoms with E-state index in [-0.39, 0.29) is 16.4 Å². The zero-order valence-electron chi connectivity index (χ0n) is 12.9. The van der Waals surface area contributed by atoms with Crippen LogP contribution in [0.4, 0.5) is 11.4 Å². The molecule has 2 N–H and O–H groups in total. The molecule has 3 rings (SSSR count). The average Bonchev–Trinajstić information content (AvgIpc) is 2.61. The summed E-state index contributed by atoms with van der Waals surface area (Å²) in [6.07, 6.45) is 0. The second kappa shape index (κ2) is 7.14. The van der Waals surface area contributed by atoms with Gasteiger partial charge in [0.15, 0.2) is 16.6 Å². The third-order valence-electron chi connectivity index (χ3n) is 3.35. The molecule has 0 saturated carbocycles. The van der Waals surface area contributed by atoms with Gasteiger partial charge in [-0.2, -0.15) is 0 Å². The lowest BCUT2D eigenvalue weighted by Gasteiger charge is -2.19. The number of benzene rings is 2. The third kappa shape index (κ3) is 4.01. The number of ether oxygens (including phenoxy) is 2. The second-order valence-corrected chi connectivity index (χ2v) is 5.48. The van der Waals surface area contributed by atoms with Crippen LogP contribution in [0, 0.1) is 10.1 Å². The van der Waals surface area contributed by atoms with Crippen molar-refractivity contribution in [1.82, 2.24) is 5.32 Å². The van der Waals surface area contributed by atoms with Crippen molar-refractivity contribution in [3.63, 3.8) is 0 Å². The number of thiocarbonyl (C=S) groups is 1. The molecule has 0 radical (unpaired) electrons. The Morgan fingerprint density at radius 3 is 2.64 bits per heavy atom. The van der Waals surface area contributed by atoms with E-state index in [1.165, 1.54) is 24.3 Å². The summed E-state index contributed by atoms with van der Waals surface area (Å²) in [4.78, 5) is 22.4. The van der Waals surface area contributed by atoms with Gasteiger partial charge in [0.2, 0.25) is 0 Å². The highest BCUT2D eigenvalue weighted by Crippen LogP contribution is 2.32. The molecule has 1 amide bonds. The molecule has 0 atom stereocenters. The van der Waals surface area contributed by atoms with Crippen LogP contribution in [0.25, 0.3) is 0 Å². The van der Waals surface area contributed by atoms with Crippen LogP contribution >= 0.6 is 12.2 Å². The molecule has 1 aliphatic heterocycles. The zero-order valence-corrected chi connectivity index (χ0v) is 13.7. The van der Waals surface area contributed by atoms with Crippen molar-refractivity contribution in [2.75, 3.05) is 18.5 Å². The number of carbonyl (C=O) groups is 1. The third-order valence-corrected chi connectivity index (χ3v) is 3.55. The van der Waals surface area contributed by atoms with Crippen molar-refractivity contribution in [3.8, 4) is 11.5 Å². The van der Waals surface area contributed by atoms with Gasteiger partial charge in [-0.05, 0) is 30.4 Å². The van der Waals surface area contributed by atoms with E-state index in [1.807, 2.05) is 0 Å². The Balaban J connectivity index is 1.65. The lowest BCUT2D eigenvalue weighted by Crippen LogP contribution is -2.34. The van der Waals surface area contributed by atoms with Crippen LogP contribution in [-0.2, 0) is 0 Å². The number of nitro groups is 1. The second-order valence-electron chi connectivity index (χ2n) is 5.07. The number of nitro benzene ring substituents is 1. The summed E-state index contributed by atoms with van der Waals surface area (Å²) in [5, 5.41) is 16.2. The molecule has 128 valence electrons. The summed E-state index contributed by atoms with van der Waals surface area (Å²) in [6, 6.07) is 10.6. The van der Waals surface area contributed by atoms with E-state index in [2.05, 4.69) is 10.6 Å². The van der Waals surface area contributed by atoms with Gasteiger partial charge in [0.1, 0.15) is 13.2 Å². The van der Waals surface area contributed by atoms with Crippen LogP contribution < -0.4 is 20.1 Å². The number of nitrogens with zero attached hydrogens (tertiary/aromatic N) is 1. The molecule has 0 aliphatic carbocycles. The van der Waals surface area contributed by atoms with E-state index < -0.39 is 10.8 Å². The fourth-order valence-corrected chi connectivity index (χ4v) is 2.43. The minimum atomic E-state index is -0.567. The van der Waals surface area contributed by atoms with Crippen molar-refractivity contribution in [1.29, 1.82) is 0 Å². The van der Waals surface area contributed by atoms with Gasteiger partial charge in [-0.25, -0.2) is 0 Å². The molecule has 0 unspecified atom stereocenters. The van der Waals surface area contributed by atoms with Gasteiger partial charge < -0.3 is 14.8 Å². The van der Waals surface area contributed by atoms with E-state index in [1.54, 1.807) is 18.2 Å². The Bertz CT molecular complexity index is 855. The molecule has 2 aromatic rings. The van der Waals surface area contributed by atoms with E-state index in [9.17, 15) is 14.9 Å². The maximum Gasteiger partial charge on any atom is 0.270 e. The highest BCUT2D eigenvalue weighted by Gasteiger charge is 2.14. The molecule has 0 fully saturated rings. The van der Waals surface area contributed by atoms with Crippen molar-refractivity contribution >= 4 is 34.6 Å². The van der Waals surface area contributed by atoms with Crippen molar-refractivity contribution in [3.05, 3.63) is 58.1 Å². The van der Waals surface area contributed by atoms with Crippen LogP contribution in [0.15, 0.2) is 42.5 Å². The minimum Gasteiger partial charge on any atom is -0.486 e. The number of nitrogens with one attached hydrogen (secondary N) is 2. The largest absolute Gasteiger partial charge is 0.486 e. The first-order chi connectivity index (χ1) is 12.0. The number of non-ortho nitro benzene ring substituents is 1. The van der Waals surface area contributed by atoms with Gasteiger partial charge in [-0.15, -0.1) is 0 Å². The fourth-order valence-electron chi connectivity index (χ4n) is 2.22. The van der Waals surface area contributed by atoms with Gasteiger partial charge in [-0.3, -0.25) is 20.2 Å². The SMILES string of the molecule is O=C(NC(=S)Nc1ccc2c(c1)OCCO2)c1cccc([N+](=O)[O-])c1. The molecule has 2 aromatic carbocycles. The first-order valence-corrected chi connectivity index (χ1v) is 7.70. The fraction of sp³-hybridized carbons (Fsp3) is 0.125. The number of hydrogen-bond donors (Lipinski definition) is 2. The Hall–Kier alpha value is -3.20. The molecule has 9 heteroatoms. The molecule has 1 heterocycles. The Labute approximate surface area is 147 Å². The molecule has 0 saturated heterocycles. The summed E-state index contributed by atoms with van der Waals surface area (Å²) in [5.74, 6) is 0.686. The average molecular weight is 359 g/mol. The Morgan fingerprint density at radius 2 is 1.88 bits per heavy atom. The highest BCUT2D eigenvalue weighted by atomic mass is 32.1. The predicted molar refractivity (Wildman–Crippen MR) is 94.2 cm³/mol. The number of fused-ring (bicyclic) bond motifs is 1. The van der Waals surface area contributed by atoms with E-state index in [0.29, 0.717) is 30.4 Å². The highest BCUT2D eigenvalue weighted by molar-refractivity contribution is 7.80. The molecule has 1 aliphatic rings. The molecule has 8 nitrogen and oxygen atoms in total. The molecular formula is C16H13N3O5S. The lowest BCUT2D eigenvalue weighted by atomic mass is 10.2. The number of carbonyl (C=O) groups excluding carboxylic acids is 1. The first-order valence-electron chi connectivity index (χ1n) is 7.29. The van der Waals surface area contributed by atoms with Crippen LogP contribution in [0.3, 0.4) is 0 Å². The standard InChI is InChI=1S/C16H13N3O5S/c20-15(10-2-1-3-12(8-10)19(21)22)18-16(25)17-11-4-5-13-14(9-11)24-7-6-23-13/h1-5,8-9H,6-7H2,(H2,17,18,20,25). The predicted octanol–water partition coefficient (Wildman–Crippen LogP) is 2.49. The van der Waals surface area contributed by atoms with Gasteiger partial charge in [0, 0.05) is 29.4 Å². The Kier molecular flexibility index (Phi) is 4.75. The summed E-state index contributed by atoms with van der Waals surface area (Å²) in [6.45, 7) is 0.960. The van der Waals surface area contributed by atoms with Crippen molar-refractivity contribution in [2.24, 2.45) is 0 Å². The molecule has 0 bridgehead atoms. The smallest absolute Gasteiger partial charge is 0.270 e. The van der Waals surface area contributed by atoms with Gasteiger partial charge in [0.25, 0.3) is 11.6 Å². The van der Waals surface area contributed by atoms with Crippen molar-refractivity contribution in [2.45, 2.75) is 0 Å². The number of hydrogen-bond acceptors (Lipinski definition) is 6. The normalized spacial score (nSPS) is 12.2.